The van der Waals surface area contributed by atoms with Crippen LogP contribution in [0, 0.1) is 5.41 Å². The number of carbonyl (C=O) groups is 1. The summed E-state index contributed by atoms with van der Waals surface area (Å²) in [5.74, 6) is -0.608. The van der Waals surface area contributed by atoms with Gasteiger partial charge in [0, 0.05) is 6.04 Å². The van der Waals surface area contributed by atoms with Crippen molar-refractivity contribution < 1.29 is 9.90 Å². The van der Waals surface area contributed by atoms with Crippen molar-refractivity contribution in [3.05, 3.63) is 0 Å². The van der Waals surface area contributed by atoms with Crippen LogP contribution >= 0.6 is 0 Å². The second-order valence-corrected chi connectivity index (χ2v) is 6.74. The summed E-state index contributed by atoms with van der Waals surface area (Å²) in [5, 5.41) is 9.69. The van der Waals surface area contributed by atoms with Crippen molar-refractivity contribution in [1.82, 2.24) is 4.90 Å². The molecule has 0 bridgehead atoms. The zero-order chi connectivity index (χ0) is 13.4. The van der Waals surface area contributed by atoms with E-state index in [1.54, 1.807) is 0 Å². The van der Waals surface area contributed by atoms with E-state index in [9.17, 15) is 9.90 Å². The minimum absolute atomic E-state index is 0.262. The van der Waals surface area contributed by atoms with Gasteiger partial charge in [-0.3, -0.25) is 9.69 Å². The fourth-order valence-electron chi connectivity index (χ4n) is 4.17. The molecule has 1 saturated carbocycles. The van der Waals surface area contributed by atoms with Gasteiger partial charge in [0.2, 0.25) is 0 Å². The summed E-state index contributed by atoms with van der Waals surface area (Å²) in [6.45, 7) is 7.63. The van der Waals surface area contributed by atoms with Crippen LogP contribution in [0.5, 0.6) is 0 Å². The molecular formula is C15H27NO2. The third-order valence-corrected chi connectivity index (χ3v) is 5.35. The van der Waals surface area contributed by atoms with Crippen LogP contribution in [0.3, 0.4) is 0 Å². The van der Waals surface area contributed by atoms with E-state index in [2.05, 4.69) is 18.7 Å². The standard InChI is InChI=1S/C15H27NO2/c1-4-15(13(17)18)10-7-11-16(15)12-8-5-6-9-14(12,2)3/h12H,4-11H2,1-3H3,(H,17,18). The molecule has 1 saturated heterocycles. The molecule has 2 rings (SSSR count). The topological polar surface area (TPSA) is 40.5 Å². The number of carboxylic acids is 1. The molecule has 2 aliphatic rings. The summed E-state index contributed by atoms with van der Waals surface area (Å²) < 4.78 is 0. The maximum atomic E-state index is 11.8. The first-order valence-electron chi connectivity index (χ1n) is 7.44. The minimum atomic E-state index is -0.608. The molecule has 18 heavy (non-hydrogen) atoms. The van der Waals surface area contributed by atoms with Gasteiger partial charge in [-0.05, 0) is 44.1 Å². The van der Waals surface area contributed by atoms with Crippen molar-refractivity contribution in [2.24, 2.45) is 5.41 Å². The van der Waals surface area contributed by atoms with E-state index >= 15 is 0 Å². The predicted molar refractivity (Wildman–Crippen MR) is 72.6 cm³/mol. The molecule has 1 N–H and O–H groups in total. The van der Waals surface area contributed by atoms with Gasteiger partial charge in [-0.1, -0.05) is 33.6 Å². The number of aliphatic carboxylic acids is 1. The maximum absolute atomic E-state index is 11.8. The van der Waals surface area contributed by atoms with E-state index in [0.29, 0.717) is 6.04 Å². The van der Waals surface area contributed by atoms with Crippen LogP contribution in [0.4, 0.5) is 0 Å². The molecule has 1 heterocycles. The smallest absolute Gasteiger partial charge is 0.324 e. The van der Waals surface area contributed by atoms with Gasteiger partial charge < -0.3 is 5.11 Å². The summed E-state index contributed by atoms with van der Waals surface area (Å²) in [5.41, 5.74) is -0.322. The molecule has 1 aliphatic heterocycles. The number of rotatable bonds is 3. The molecule has 0 aromatic carbocycles. The van der Waals surface area contributed by atoms with Crippen LogP contribution in [0.1, 0.15) is 65.7 Å². The average Bonchev–Trinajstić information content (AvgIpc) is 2.73. The lowest BCUT2D eigenvalue weighted by molar-refractivity contribution is -0.154. The normalized spacial score (nSPS) is 36.7. The molecule has 0 radical (unpaired) electrons. The lowest BCUT2D eigenvalue weighted by Crippen LogP contribution is -2.58. The summed E-state index contributed by atoms with van der Waals surface area (Å²) in [6.07, 6.45) is 7.54. The Morgan fingerprint density at radius 1 is 1.28 bits per heavy atom. The van der Waals surface area contributed by atoms with Crippen LogP contribution in [0.2, 0.25) is 0 Å². The van der Waals surface area contributed by atoms with E-state index in [1.807, 2.05) is 6.92 Å². The van der Waals surface area contributed by atoms with Gasteiger partial charge in [0.25, 0.3) is 0 Å². The highest BCUT2D eigenvalue weighted by Gasteiger charge is 2.52. The first kappa shape index (κ1) is 13.9. The first-order valence-corrected chi connectivity index (χ1v) is 7.44. The molecule has 0 spiro atoms. The third kappa shape index (κ3) is 2.07. The zero-order valence-corrected chi connectivity index (χ0v) is 12.0. The summed E-state index contributed by atoms with van der Waals surface area (Å²) >= 11 is 0. The molecule has 3 heteroatoms. The molecular weight excluding hydrogens is 226 g/mol. The summed E-state index contributed by atoms with van der Waals surface area (Å²) in [6, 6.07) is 0.449. The van der Waals surface area contributed by atoms with E-state index in [0.717, 1.165) is 25.8 Å². The highest BCUT2D eigenvalue weighted by molar-refractivity contribution is 5.79. The Balaban J connectivity index is 2.28. The second-order valence-electron chi connectivity index (χ2n) is 6.74. The molecule has 0 aromatic rings. The van der Waals surface area contributed by atoms with Gasteiger partial charge in [-0.15, -0.1) is 0 Å². The van der Waals surface area contributed by atoms with Crippen molar-refractivity contribution in [3.63, 3.8) is 0 Å². The Bertz CT molecular complexity index is 326. The first-order chi connectivity index (χ1) is 8.44. The van der Waals surface area contributed by atoms with Gasteiger partial charge >= 0.3 is 5.97 Å². The van der Waals surface area contributed by atoms with Gasteiger partial charge in [0.05, 0.1) is 0 Å². The van der Waals surface area contributed by atoms with Gasteiger partial charge in [0.1, 0.15) is 5.54 Å². The third-order valence-electron chi connectivity index (χ3n) is 5.35. The SMILES string of the molecule is CCC1(C(=O)O)CCCN1C1CCCCC1(C)C. The lowest BCUT2D eigenvalue weighted by atomic mass is 9.71. The Kier molecular flexibility index (Phi) is 3.72. The molecule has 2 fully saturated rings. The van der Waals surface area contributed by atoms with Crippen molar-refractivity contribution in [2.75, 3.05) is 6.54 Å². The predicted octanol–water partition coefficient (Wildman–Crippen LogP) is 3.28. The molecule has 0 amide bonds. The molecule has 1 aliphatic carbocycles. The fraction of sp³-hybridized carbons (Fsp3) is 0.933. The molecule has 3 nitrogen and oxygen atoms in total. The van der Waals surface area contributed by atoms with E-state index in [-0.39, 0.29) is 5.41 Å². The minimum Gasteiger partial charge on any atom is -0.480 e. The van der Waals surface area contributed by atoms with Crippen LogP contribution < -0.4 is 0 Å². The van der Waals surface area contributed by atoms with Crippen LogP contribution in [0.25, 0.3) is 0 Å². The quantitative estimate of drug-likeness (QED) is 0.839. The number of carboxylic acid groups (broad SMARTS) is 1. The Labute approximate surface area is 111 Å². The van der Waals surface area contributed by atoms with Crippen LogP contribution in [-0.4, -0.2) is 34.1 Å². The molecule has 104 valence electrons. The van der Waals surface area contributed by atoms with Crippen molar-refractivity contribution in [1.29, 1.82) is 0 Å². The van der Waals surface area contributed by atoms with Gasteiger partial charge in [-0.25, -0.2) is 0 Å². The highest BCUT2D eigenvalue weighted by atomic mass is 16.4. The number of hydrogen-bond acceptors (Lipinski definition) is 2. The Morgan fingerprint density at radius 3 is 2.56 bits per heavy atom. The summed E-state index contributed by atoms with van der Waals surface area (Å²) in [7, 11) is 0. The van der Waals surface area contributed by atoms with E-state index in [4.69, 9.17) is 0 Å². The maximum Gasteiger partial charge on any atom is 0.324 e. The fourth-order valence-corrected chi connectivity index (χ4v) is 4.17. The van der Waals surface area contributed by atoms with Crippen molar-refractivity contribution in [3.8, 4) is 0 Å². The van der Waals surface area contributed by atoms with E-state index in [1.165, 1.54) is 25.7 Å². The monoisotopic (exact) mass is 253 g/mol. The number of hydrogen-bond donors (Lipinski definition) is 1. The molecule has 2 atom stereocenters. The highest BCUT2D eigenvalue weighted by Crippen LogP contribution is 2.45. The van der Waals surface area contributed by atoms with E-state index < -0.39 is 11.5 Å². The lowest BCUT2D eigenvalue weighted by Gasteiger charge is -2.49. The molecule has 2 unspecified atom stereocenters. The van der Waals surface area contributed by atoms with Crippen LogP contribution in [0.15, 0.2) is 0 Å². The Morgan fingerprint density at radius 2 is 2.00 bits per heavy atom. The second kappa shape index (κ2) is 4.84. The van der Waals surface area contributed by atoms with Crippen molar-refractivity contribution >= 4 is 5.97 Å². The Hall–Kier alpha value is -0.570. The van der Waals surface area contributed by atoms with Gasteiger partial charge in [0.15, 0.2) is 0 Å². The number of nitrogens with zero attached hydrogens (tertiary/aromatic N) is 1. The van der Waals surface area contributed by atoms with Crippen molar-refractivity contribution in [2.45, 2.75) is 77.3 Å². The van der Waals surface area contributed by atoms with Crippen LogP contribution in [-0.2, 0) is 4.79 Å². The zero-order valence-electron chi connectivity index (χ0n) is 12.0. The largest absolute Gasteiger partial charge is 0.480 e. The molecule has 0 aromatic heterocycles. The number of likely N-dealkylation sites (tertiary alicyclic amines) is 1. The summed E-state index contributed by atoms with van der Waals surface area (Å²) in [4.78, 5) is 14.1. The van der Waals surface area contributed by atoms with Gasteiger partial charge in [-0.2, -0.15) is 0 Å². The average molecular weight is 253 g/mol.